The number of aryl methyl sites for hydroxylation is 1. The number of nitrogens with zero attached hydrogens (tertiary/aromatic N) is 4. The lowest BCUT2D eigenvalue weighted by molar-refractivity contribution is -0.134. The molecular formula is C20H28N4O2. The van der Waals surface area contributed by atoms with Crippen LogP contribution < -0.4 is 0 Å². The van der Waals surface area contributed by atoms with Crippen LogP contribution in [-0.4, -0.2) is 82.2 Å². The van der Waals surface area contributed by atoms with Crippen LogP contribution in [0.15, 0.2) is 30.5 Å². The van der Waals surface area contributed by atoms with Gasteiger partial charge in [0.1, 0.15) is 0 Å². The lowest BCUT2D eigenvalue weighted by Crippen LogP contribution is -2.50. The highest BCUT2D eigenvalue weighted by Crippen LogP contribution is 2.21. The van der Waals surface area contributed by atoms with Crippen molar-refractivity contribution in [3.63, 3.8) is 0 Å². The molecule has 2 aliphatic rings. The molecule has 2 aliphatic heterocycles. The maximum atomic E-state index is 12.5. The molecule has 1 N–H and O–H groups in total. The molecular weight excluding hydrogens is 328 g/mol. The van der Waals surface area contributed by atoms with Crippen molar-refractivity contribution in [2.24, 2.45) is 7.05 Å². The molecule has 1 aromatic heterocycles. The molecule has 0 unspecified atom stereocenters. The third kappa shape index (κ3) is 3.63. The van der Waals surface area contributed by atoms with Crippen LogP contribution in [0.1, 0.15) is 12.0 Å². The molecule has 26 heavy (non-hydrogen) atoms. The van der Waals surface area contributed by atoms with E-state index in [1.165, 1.54) is 16.5 Å². The normalized spacial score (nSPS) is 22.4. The SMILES string of the molecule is Cn1ccc2cccc(CN3CCN(C(=O)CN4CC[C@@H](O)C4)CC3)c21. The molecule has 0 aliphatic carbocycles. The van der Waals surface area contributed by atoms with E-state index in [0.717, 1.165) is 45.7 Å². The van der Waals surface area contributed by atoms with Crippen LogP contribution in [0.4, 0.5) is 0 Å². The Kier molecular flexibility index (Phi) is 4.98. The molecule has 0 bridgehead atoms. The van der Waals surface area contributed by atoms with Crippen molar-refractivity contribution >= 4 is 16.8 Å². The molecule has 1 aromatic carbocycles. The van der Waals surface area contributed by atoms with Gasteiger partial charge in [-0.05, 0) is 23.4 Å². The molecule has 0 radical (unpaired) electrons. The number of likely N-dealkylation sites (tertiary alicyclic amines) is 1. The van der Waals surface area contributed by atoms with Gasteiger partial charge in [-0.3, -0.25) is 14.6 Å². The number of hydrogen-bond acceptors (Lipinski definition) is 4. The number of para-hydroxylation sites is 1. The molecule has 2 fully saturated rings. The zero-order valence-corrected chi connectivity index (χ0v) is 15.5. The molecule has 0 spiro atoms. The molecule has 2 saturated heterocycles. The predicted octanol–water partition coefficient (Wildman–Crippen LogP) is 0.889. The van der Waals surface area contributed by atoms with Crippen LogP contribution in [0.25, 0.3) is 10.9 Å². The second kappa shape index (κ2) is 7.39. The maximum Gasteiger partial charge on any atom is 0.236 e. The van der Waals surface area contributed by atoms with Crippen LogP contribution >= 0.6 is 0 Å². The minimum absolute atomic E-state index is 0.197. The van der Waals surface area contributed by atoms with E-state index in [0.29, 0.717) is 13.1 Å². The second-order valence-corrected chi connectivity index (χ2v) is 7.62. The lowest BCUT2D eigenvalue weighted by atomic mass is 10.1. The number of hydrogen-bond donors (Lipinski definition) is 1. The Hall–Kier alpha value is -1.89. The first-order chi connectivity index (χ1) is 12.6. The van der Waals surface area contributed by atoms with E-state index in [4.69, 9.17) is 0 Å². The van der Waals surface area contributed by atoms with E-state index in [1.54, 1.807) is 0 Å². The lowest BCUT2D eigenvalue weighted by Gasteiger charge is -2.35. The van der Waals surface area contributed by atoms with Gasteiger partial charge < -0.3 is 14.6 Å². The minimum Gasteiger partial charge on any atom is -0.392 e. The number of benzene rings is 1. The zero-order valence-electron chi connectivity index (χ0n) is 15.5. The number of aliphatic hydroxyl groups excluding tert-OH is 1. The Morgan fingerprint density at radius 1 is 1.12 bits per heavy atom. The van der Waals surface area contributed by atoms with Gasteiger partial charge in [0, 0.05) is 59.1 Å². The Bertz CT molecular complexity index is 779. The van der Waals surface area contributed by atoms with E-state index in [-0.39, 0.29) is 12.0 Å². The van der Waals surface area contributed by atoms with Gasteiger partial charge >= 0.3 is 0 Å². The summed E-state index contributed by atoms with van der Waals surface area (Å²) in [5.74, 6) is 0.197. The summed E-state index contributed by atoms with van der Waals surface area (Å²) in [7, 11) is 2.09. The van der Waals surface area contributed by atoms with Crippen molar-refractivity contribution < 1.29 is 9.90 Å². The van der Waals surface area contributed by atoms with E-state index in [1.807, 2.05) is 4.90 Å². The zero-order chi connectivity index (χ0) is 18.1. The Labute approximate surface area is 154 Å². The highest BCUT2D eigenvalue weighted by molar-refractivity contribution is 5.83. The van der Waals surface area contributed by atoms with Crippen molar-refractivity contribution in [1.29, 1.82) is 0 Å². The molecule has 1 atom stereocenters. The third-order valence-corrected chi connectivity index (χ3v) is 5.71. The van der Waals surface area contributed by atoms with Gasteiger partial charge in [0.25, 0.3) is 0 Å². The molecule has 1 amide bonds. The van der Waals surface area contributed by atoms with E-state index >= 15 is 0 Å². The van der Waals surface area contributed by atoms with E-state index < -0.39 is 0 Å². The van der Waals surface area contributed by atoms with Gasteiger partial charge in [-0.25, -0.2) is 0 Å². The summed E-state index contributed by atoms with van der Waals surface area (Å²) in [6.07, 6.45) is 2.63. The summed E-state index contributed by atoms with van der Waals surface area (Å²) in [5, 5.41) is 10.9. The quantitative estimate of drug-likeness (QED) is 0.884. The highest BCUT2D eigenvalue weighted by Gasteiger charge is 2.26. The van der Waals surface area contributed by atoms with Gasteiger partial charge in [-0.2, -0.15) is 0 Å². The molecule has 6 nitrogen and oxygen atoms in total. The number of piperazine rings is 1. The van der Waals surface area contributed by atoms with E-state index in [9.17, 15) is 9.90 Å². The molecule has 140 valence electrons. The van der Waals surface area contributed by atoms with Crippen LogP contribution in [-0.2, 0) is 18.4 Å². The average Bonchev–Trinajstić information content (AvgIpc) is 3.22. The number of fused-ring (bicyclic) bond motifs is 1. The van der Waals surface area contributed by atoms with Gasteiger partial charge in [0.2, 0.25) is 5.91 Å². The summed E-state index contributed by atoms with van der Waals surface area (Å²) < 4.78 is 2.19. The molecule has 3 heterocycles. The van der Waals surface area contributed by atoms with Crippen molar-refractivity contribution in [2.45, 2.75) is 19.1 Å². The number of aromatic nitrogens is 1. The summed E-state index contributed by atoms with van der Waals surface area (Å²) in [6.45, 7) is 6.23. The van der Waals surface area contributed by atoms with Gasteiger partial charge in [0.05, 0.1) is 18.2 Å². The maximum absolute atomic E-state index is 12.5. The fraction of sp³-hybridized carbons (Fsp3) is 0.550. The first-order valence-corrected chi connectivity index (χ1v) is 9.53. The van der Waals surface area contributed by atoms with E-state index in [2.05, 4.69) is 51.9 Å². The fourth-order valence-electron chi connectivity index (χ4n) is 4.21. The van der Waals surface area contributed by atoms with Gasteiger partial charge in [-0.15, -0.1) is 0 Å². The number of aliphatic hydroxyl groups is 1. The number of carbonyl (C=O) groups is 1. The number of rotatable bonds is 4. The summed E-state index contributed by atoms with van der Waals surface area (Å²) in [6, 6.07) is 8.65. The molecule has 0 saturated carbocycles. The Balaban J connectivity index is 1.32. The standard InChI is InChI=1S/C20H28N4O2/c1-21-7-5-16-3-2-4-17(20(16)21)13-22-9-11-24(12-10-22)19(26)15-23-8-6-18(25)14-23/h2-5,7,18,25H,6,8-15H2,1H3/t18-/m1/s1. The van der Waals surface area contributed by atoms with Crippen molar-refractivity contribution in [1.82, 2.24) is 19.3 Å². The topological polar surface area (TPSA) is 52.0 Å². The van der Waals surface area contributed by atoms with Crippen LogP contribution in [0.2, 0.25) is 0 Å². The molecule has 4 rings (SSSR count). The largest absolute Gasteiger partial charge is 0.392 e. The molecule has 6 heteroatoms. The average molecular weight is 356 g/mol. The summed E-state index contributed by atoms with van der Waals surface area (Å²) >= 11 is 0. The number of carbonyl (C=O) groups excluding carboxylic acids is 1. The minimum atomic E-state index is -0.264. The summed E-state index contributed by atoms with van der Waals surface area (Å²) in [4.78, 5) is 19.0. The van der Waals surface area contributed by atoms with Crippen molar-refractivity contribution in [3.05, 3.63) is 36.0 Å². The van der Waals surface area contributed by atoms with Crippen LogP contribution in [0.3, 0.4) is 0 Å². The Morgan fingerprint density at radius 2 is 1.92 bits per heavy atom. The number of β-amino-alcohol motifs (C(OH)–C–C–N with tert-alkyl or cyclic N) is 1. The van der Waals surface area contributed by atoms with Gasteiger partial charge in [0.15, 0.2) is 0 Å². The third-order valence-electron chi connectivity index (χ3n) is 5.71. The highest BCUT2D eigenvalue weighted by atomic mass is 16.3. The summed E-state index contributed by atoms with van der Waals surface area (Å²) in [5.41, 5.74) is 2.65. The number of amides is 1. The molecule has 2 aromatic rings. The first kappa shape index (κ1) is 17.5. The van der Waals surface area contributed by atoms with Gasteiger partial charge in [-0.1, -0.05) is 18.2 Å². The van der Waals surface area contributed by atoms with Crippen LogP contribution in [0, 0.1) is 0 Å². The van der Waals surface area contributed by atoms with Crippen molar-refractivity contribution in [2.75, 3.05) is 45.8 Å². The van der Waals surface area contributed by atoms with Crippen LogP contribution in [0.5, 0.6) is 0 Å². The Morgan fingerprint density at radius 3 is 2.65 bits per heavy atom. The fourth-order valence-corrected chi connectivity index (χ4v) is 4.21. The second-order valence-electron chi connectivity index (χ2n) is 7.62. The monoisotopic (exact) mass is 356 g/mol. The van der Waals surface area contributed by atoms with Crippen molar-refractivity contribution in [3.8, 4) is 0 Å². The smallest absolute Gasteiger partial charge is 0.236 e. The first-order valence-electron chi connectivity index (χ1n) is 9.53. The predicted molar refractivity (Wildman–Crippen MR) is 102 cm³/mol.